The molecule has 1 N–H and O–H groups in total. The van der Waals surface area contributed by atoms with Crippen LogP contribution in [0.2, 0.25) is 0 Å². The zero-order valence-corrected chi connectivity index (χ0v) is 12.8. The molecule has 1 rings (SSSR count). The molecule has 0 aliphatic rings. The lowest BCUT2D eigenvalue weighted by Gasteiger charge is -2.25. The Kier molecular flexibility index (Phi) is 6.42. The summed E-state index contributed by atoms with van der Waals surface area (Å²) in [5.41, 5.74) is -0.0126. The number of anilines is 1. The first-order valence-corrected chi connectivity index (χ1v) is 7.20. The SMILES string of the molecule is CC(C)CCN(CCC(C)C)c1cnc(C(=O)O)cn1. The fraction of sp³-hybridized carbons (Fsp3) is 0.667. The van der Waals surface area contributed by atoms with Gasteiger partial charge in [0.25, 0.3) is 0 Å². The van der Waals surface area contributed by atoms with Gasteiger partial charge in [-0.3, -0.25) is 0 Å². The summed E-state index contributed by atoms with van der Waals surface area (Å²) in [7, 11) is 0. The second-order valence-electron chi connectivity index (χ2n) is 5.92. The third kappa shape index (κ3) is 5.55. The van der Waals surface area contributed by atoms with Gasteiger partial charge in [-0.15, -0.1) is 0 Å². The van der Waals surface area contributed by atoms with Crippen LogP contribution in [0.1, 0.15) is 51.0 Å². The fourth-order valence-corrected chi connectivity index (χ4v) is 1.76. The highest BCUT2D eigenvalue weighted by Gasteiger charge is 2.12. The number of aromatic carboxylic acids is 1. The number of hydrogen-bond acceptors (Lipinski definition) is 4. The van der Waals surface area contributed by atoms with Gasteiger partial charge in [0, 0.05) is 13.1 Å². The van der Waals surface area contributed by atoms with E-state index in [1.807, 2.05) is 0 Å². The van der Waals surface area contributed by atoms with Crippen molar-refractivity contribution < 1.29 is 9.90 Å². The van der Waals surface area contributed by atoms with Crippen LogP contribution in [0.4, 0.5) is 5.82 Å². The van der Waals surface area contributed by atoms with Gasteiger partial charge in [-0.25, -0.2) is 14.8 Å². The fourth-order valence-electron chi connectivity index (χ4n) is 1.76. The lowest BCUT2D eigenvalue weighted by Crippen LogP contribution is -2.28. The average molecular weight is 279 g/mol. The number of carbonyl (C=O) groups is 1. The number of carboxylic acid groups (broad SMARTS) is 1. The standard InChI is InChI=1S/C15H25N3O2/c1-11(2)5-7-18(8-6-12(3)4)14-10-16-13(9-17-14)15(19)20/h9-12H,5-8H2,1-4H3,(H,19,20). The van der Waals surface area contributed by atoms with Gasteiger partial charge in [-0.2, -0.15) is 0 Å². The summed E-state index contributed by atoms with van der Waals surface area (Å²) in [4.78, 5) is 21.2. The van der Waals surface area contributed by atoms with E-state index in [-0.39, 0.29) is 5.69 Å². The summed E-state index contributed by atoms with van der Waals surface area (Å²) in [5.74, 6) is 0.974. The first-order valence-electron chi connectivity index (χ1n) is 7.20. The van der Waals surface area contributed by atoms with Crippen molar-refractivity contribution in [2.45, 2.75) is 40.5 Å². The van der Waals surface area contributed by atoms with Crippen molar-refractivity contribution in [2.24, 2.45) is 11.8 Å². The lowest BCUT2D eigenvalue weighted by atomic mass is 10.1. The molecule has 1 heterocycles. The molecule has 0 unspecified atom stereocenters. The van der Waals surface area contributed by atoms with Gasteiger partial charge in [0.05, 0.1) is 12.4 Å². The Morgan fingerprint density at radius 1 is 1.10 bits per heavy atom. The Balaban J connectivity index is 2.76. The van der Waals surface area contributed by atoms with E-state index in [9.17, 15) is 4.79 Å². The molecular formula is C15H25N3O2. The average Bonchev–Trinajstić information content (AvgIpc) is 2.38. The van der Waals surface area contributed by atoms with Crippen molar-refractivity contribution in [1.29, 1.82) is 0 Å². The molecule has 0 bridgehead atoms. The van der Waals surface area contributed by atoms with Crippen LogP contribution in [-0.2, 0) is 0 Å². The quantitative estimate of drug-likeness (QED) is 0.792. The second-order valence-corrected chi connectivity index (χ2v) is 5.92. The summed E-state index contributed by atoms with van der Waals surface area (Å²) in [6.07, 6.45) is 5.06. The van der Waals surface area contributed by atoms with Crippen molar-refractivity contribution in [1.82, 2.24) is 9.97 Å². The highest BCUT2D eigenvalue weighted by atomic mass is 16.4. The van der Waals surface area contributed by atoms with Crippen LogP contribution in [0.5, 0.6) is 0 Å². The summed E-state index contributed by atoms with van der Waals surface area (Å²) in [6, 6.07) is 0. The van der Waals surface area contributed by atoms with Crippen molar-refractivity contribution >= 4 is 11.8 Å². The molecule has 0 aromatic carbocycles. The first kappa shape index (κ1) is 16.4. The number of aromatic nitrogens is 2. The number of carboxylic acids is 1. The Hall–Kier alpha value is -1.65. The van der Waals surface area contributed by atoms with Gasteiger partial charge < -0.3 is 10.0 Å². The molecule has 5 nitrogen and oxygen atoms in total. The molecule has 0 atom stereocenters. The molecule has 0 saturated heterocycles. The summed E-state index contributed by atoms with van der Waals surface area (Å²) in [5, 5.41) is 8.85. The molecule has 5 heteroatoms. The molecule has 0 spiro atoms. The van der Waals surface area contributed by atoms with Crippen LogP contribution in [0.25, 0.3) is 0 Å². The zero-order valence-electron chi connectivity index (χ0n) is 12.8. The van der Waals surface area contributed by atoms with Crippen LogP contribution in [-0.4, -0.2) is 34.1 Å². The molecule has 112 valence electrons. The van der Waals surface area contributed by atoms with Crippen molar-refractivity contribution in [3.63, 3.8) is 0 Å². The van der Waals surface area contributed by atoms with Crippen LogP contribution in [0.3, 0.4) is 0 Å². The van der Waals surface area contributed by atoms with Crippen LogP contribution >= 0.6 is 0 Å². The molecule has 0 aliphatic carbocycles. The predicted octanol–water partition coefficient (Wildman–Crippen LogP) is 3.07. The number of rotatable bonds is 8. The van der Waals surface area contributed by atoms with Gasteiger partial charge >= 0.3 is 5.97 Å². The van der Waals surface area contributed by atoms with Crippen molar-refractivity contribution in [2.75, 3.05) is 18.0 Å². The van der Waals surface area contributed by atoms with E-state index in [0.29, 0.717) is 11.8 Å². The molecule has 1 aromatic heterocycles. The number of nitrogens with zero attached hydrogens (tertiary/aromatic N) is 3. The topological polar surface area (TPSA) is 66.3 Å². The molecule has 0 fully saturated rings. The third-order valence-electron chi connectivity index (χ3n) is 3.13. The zero-order chi connectivity index (χ0) is 15.1. The normalized spacial score (nSPS) is 11.1. The van der Waals surface area contributed by atoms with Gasteiger partial charge in [-0.1, -0.05) is 27.7 Å². The molecular weight excluding hydrogens is 254 g/mol. The minimum atomic E-state index is -1.04. The van der Waals surface area contributed by atoms with E-state index in [4.69, 9.17) is 5.11 Å². The summed E-state index contributed by atoms with van der Waals surface area (Å²) < 4.78 is 0. The predicted molar refractivity (Wildman–Crippen MR) is 80.1 cm³/mol. The molecule has 0 amide bonds. The van der Waals surface area contributed by atoms with Gasteiger partial charge in [-0.05, 0) is 24.7 Å². The van der Waals surface area contributed by atoms with Crippen molar-refractivity contribution in [3.8, 4) is 0 Å². The van der Waals surface area contributed by atoms with Gasteiger partial charge in [0.15, 0.2) is 5.69 Å². The van der Waals surface area contributed by atoms with E-state index in [0.717, 1.165) is 31.7 Å². The highest BCUT2D eigenvalue weighted by Crippen LogP contribution is 2.14. The summed E-state index contributed by atoms with van der Waals surface area (Å²) >= 11 is 0. The molecule has 1 aromatic rings. The van der Waals surface area contributed by atoms with Crippen LogP contribution < -0.4 is 4.90 Å². The maximum Gasteiger partial charge on any atom is 0.356 e. The minimum Gasteiger partial charge on any atom is -0.476 e. The maximum absolute atomic E-state index is 10.8. The van der Waals surface area contributed by atoms with Crippen LogP contribution in [0, 0.1) is 11.8 Å². The van der Waals surface area contributed by atoms with Crippen LogP contribution in [0.15, 0.2) is 12.4 Å². The lowest BCUT2D eigenvalue weighted by molar-refractivity contribution is 0.0690. The Bertz CT molecular complexity index is 404. The van der Waals surface area contributed by atoms with Crippen molar-refractivity contribution in [3.05, 3.63) is 18.1 Å². The molecule has 0 aliphatic heterocycles. The highest BCUT2D eigenvalue weighted by molar-refractivity contribution is 5.84. The maximum atomic E-state index is 10.8. The molecule has 0 radical (unpaired) electrons. The Morgan fingerprint density at radius 2 is 1.65 bits per heavy atom. The third-order valence-corrected chi connectivity index (χ3v) is 3.13. The minimum absolute atomic E-state index is 0.0126. The number of hydrogen-bond donors (Lipinski definition) is 1. The monoisotopic (exact) mass is 279 g/mol. The van der Waals surface area contributed by atoms with Gasteiger partial charge in [0.1, 0.15) is 5.82 Å². The first-order chi connectivity index (χ1) is 9.40. The van der Waals surface area contributed by atoms with E-state index in [1.165, 1.54) is 6.20 Å². The largest absolute Gasteiger partial charge is 0.476 e. The van der Waals surface area contributed by atoms with Gasteiger partial charge in [0.2, 0.25) is 0 Å². The van der Waals surface area contributed by atoms with E-state index in [1.54, 1.807) is 6.20 Å². The Labute approximate surface area is 121 Å². The molecule has 0 saturated carbocycles. The Morgan fingerprint density at radius 3 is 2.00 bits per heavy atom. The second kappa shape index (κ2) is 7.82. The van der Waals surface area contributed by atoms with E-state index >= 15 is 0 Å². The molecule has 20 heavy (non-hydrogen) atoms. The van der Waals surface area contributed by atoms with E-state index in [2.05, 4.69) is 42.6 Å². The summed E-state index contributed by atoms with van der Waals surface area (Å²) in [6.45, 7) is 10.6. The smallest absolute Gasteiger partial charge is 0.356 e. The van der Waals surface area contributed by atoms with E-state index < -0.39 is 5.97 Å².